The van der Waals surface area contributed by atoms with Gasteiger partial charge in [0.15, 0.2) is 6.10 Å². The first kappa shape index (κ1) is 20.5. The SMILES string of the molecule is CCC(CC)NC(=O)C1CN(CCC(=O)NC(=O)NC)c2ccccc2O1. The van der Waals surface area contributed by atoms with Crippen molar-refractivity contribution < 1.29 is 19.1 Å². The van der Waals surface area contributed by atoms with Gasteiger partial charge in [-0.15, -0.1) is 0 Å². The Morgan fingerprint density at radius 1 is 1.22 bits per heavy atom. The van der Waals surface area contributed by atoms with Crippen LogP contribution in [0.4, 0.5) is 10.5 Å². The molecule has 8 nitrogen and oxygen atoms in total. The van der Waals surface area contributed by atoms with Crippen LogP contribution in [0.2, 0.25) is 0 Å². The van der Waals surface area contributed by atoms with E-state index in [9.17, 15) is 14.4 Å². The van der Waals surface area contributed by atoms with Crippen molar-refractivity contribution >= 4 is 23.5 Å². The number of hydrogen-bond acceptors (Lipinski definition) is 5. The lowest BCUT2D eigenvalue weighted by atomic mass is 10.1. The predicted octanol–water partition coefficient (Wildman–Crippen LogP) is 1.40. The molecule has 4 amide bonds. The molecule has 0 spiro atoms. The number of fused-ring (bicyclic) bond motifs is 1. The van der Waals surface area contributed by atoms with Gasteiger partial charge in [0, 0.05) is 26.1 Å². The van der Waals surface area contributed by atoms with E-state index >= 15 is 0 Å². The van der Waals surface area contributed by atoms with Crippen molar-refractivity contribution in [1.82, 2.24) is 16.0 Å². The van der Waals surface area contributed by atoms with Crippen molar-refractivity contribution in [1.29, 1.82) is 0 Å². The minimum atomic E-state index is -0.650. The quantitative estimate of drug-likeness (QED) is 0.668. The first-order valence-electron chi connectivity index (χ1n) is 9.31. The van der Waals surface area contributed by atoms with Crippen LogP contribution in [-0.2, 0) is 9.59 Å². The van der Waals surface area contributed by atoms with Gasteiger partial charge in [0.25, 0.3) is 5.91 Å². The monoisotopic (exact) mass is 376 g/mol. The number of anilines is 1. The molecule has 0 aromatic heterocycles. The van der Waals surface area contributed by atoms with Crippen LogP contribution in [0.15, 0.2) is 24.3 Å². The Labute approximate surface area is 159 Å². The summed E-state index contributed by atoms with van der Waals surface area (Å²) in [5, 5.41) is 7.60. The van der Waals surface area contributed by atoms with Gasteiger partial charge in [0.1, 0.15) is 5.75 Å². The van der Waals surface area contributed by atoms with E-state index in [1.165, 1.54) is 7.05 Å². The molecule has 3 N–H and O–H groups in total. The van der Waals surface area contributed by atoms with Crippen LogP contribution in [0.3, 0.4) is 0 Å². The zero-order valence-electron chi connectivity index (χ0n) is 16.1. The summed E-state index contributed by atoms with van der Waals surface area (Å²) < 4.78 is 5.88. The number of urea groups is 1. The summed E-state index contributed by atoms with van der Waals surface area (Å²) in [6.07, 6.45) is 1.19. The number of nitrogens with zero attached hydrogens (tertiary/aromatic N) is 1. The maximum absolute atomic E-state index is 12.6. The molecule has 1 aliphatic rings. The van der Waals surface area contributed by atoms with Crippen molar-refractivity contribution in [3.05, 3.63) is 24.3 Å². The van der Waals surface area contributed by atoms with Crippen LogP contribution in [0.5, 0.6) is 5.75 Å². The molecular weight excluding hydrogens is 348 g/mol. The second kappa shape index (κ2) is 9.80. The fourth-order valence-electron chi connectivity index (χ4n) is 2.93. The zero-order chi connectivity index (χ0) is 19.8. The van der Waals surface area contributed by atoms with E-state index in [0.717, 1.165) is 18.5 Å². The molecule has 1 aromatic carbocycles. The minimum absolute atomic E-state index is 0.116. The molecule has 1 unspecified atom stereocenters. The Morgan fingerprint density at radius 2 is 1.93 bits per heavy atom. The molecule has 0 saturated carbocycles. The third-order valence-corrected chi connectivity index (χ3v) is 4.57. The van der Waals surface area contributed by atoms with Crippen molar-refractivity contribution in [2.75, 3.05) is 25.0 Å². The fourth-order valence-corrected chi connectivity index (χ4v) is 2.93. The summed E-state index contributed by atoms with van der Waals surface area (Å²) in [7, 11) is 1.45. The summed E-state index contributed by atoms with van der Waals surface area (Å²) in [5.74, 6) is 0.0783. The number of nitrogens with one attached hydrogen (secondary N) is 3. The Morgan fingerprint density at radius 3 is 2.59 bits per heavy atom. The Kier molecular flexibility index (Phi) is 7.45. The molecular formula is C19H28N4O4. The summed E-state index contributed by atoms with van der Waals surface area (Å²) in [4.78, 5) is 37.7. The normalized spacial score (nSPS) is 15.6. The van der Waals surface area contributed by atoms with E-state index in [1.54, 1.807) is 0 Å². The fraction of sp³-hybridized carbons (Fsp3) is 0.526. The van der Waals surface area contributed by atoms with E-state index in [1.807, 2.05) is 43.0 Å². The number of amides is 4. The molecule has 2 rings (SSSR count). The summed E-state index contributed by atoms with van der Waals surface area (Å²) in [6, 6.07) is 7.00. The van der Waals surface area contributed by atoms with Crippen molar-refractivity contribution in [3.8, 4) is 5.75 Å². The number of para-hydroxylation sites is 2. The van der Waals surface area contributed by atoms with Crippen molar-refractivity contribution in [3.63, 3.8) is 0 Å². The molecule has 0 bridgehead atoms. The van der Waals surface area contributed by atoms with E-state index in [0.29, 0.717) is 18.8 Å². The van der Waals surface area contributed by atoms with Gasteiger partial charge in [-0.1, -0.05) is 26.0 Å². The van der Waals surface area contributed by atoms with Crippen LogP contribution < -0.4 is 25.6 Å². The predicted molar refractivity (Wildman–Crippen MR) is 103 cm³/mol. The van der Waals surface area contributed by atoms with Crippen molar-refractivity contribution in [2.24, 2.45) is 0 Å². The van der Waals surface area contributed by atoms with Crippen LogP contribution >= 0.6 is 0 Å². The summed E-state index contributed by atoms with van der Waals surface area (Å²) >= 11 is 0. The molecule has 0 saturated heterocycles. The zero-order valence-corrected chi connectivity index (χ0v) is 16.1. The first-order chi connectivity index (χ1) is 13.0. The summed E-state index contributed by atoms with van der Waals surface area (Å²) in [5.41, 5.74) is 0.830. The van der Waals surface area contributed by atoms with Gasteiger partial charge >= 0.3 is 6.03 Å². The molecule has 1 aliphatic heterocycles. The van der Waals surface area contributed by atoms with Gasteiger partial charge < -0.3 is 20.3 Å². The first-order valence-corrected chi connectivity index (χ1v) is 9.31. The molecule has 27 heavy (non-hydrogen) atoms. The average molecular weight is 376 g/mol. The number of benzene rings is 1. The lowest BCUT2D eigenvalue weighted by molar-refractivity contribution is -0.128. The highest BCUT2D eigenvalue weighted by Gasteiger charge is 2.31. The van der Waals surface area contributed by atoms with Crippen LogP contribution in [0.1, 0.15) is 33.1 Å². The highest BCUT2D eigenvalue weighted by Crippen LogP contribution is 2.33. The van der Waals surface area contributed by atoms with Gasteiger partial charge in [-0.05, 0) is 25.0 Å². The van der Waals surface area contributed by atoms with E-state index in [2.05, 4.69) is 16.0 Å². The van der Waals surface area contributed by atoms with Crippen LogP contribution in [0, 0.1) is 0 Å². The van der Waals surface area contributed by atoms with Crippen LogP contribution in [-0.4, -0.2) is 50.1 Å². The molecule has 0 radical (unpaired) electrons. The largest absolute Gasteiger partial charge is 0.477 e. The Balaban J connectivity index is 2.06. The van der Waals surface area contributed by atoms with E-state index in [4.69, 9.17) is 4.74 Å². The third-order valence-electron chi connectivity index (χ3n) is 4.57. The molecule has 0 aliphatic carbocycles. The topological polar surface area (TPSA) is 99.8 Å². The van der Waals surface area contributed by atoms with Gasteiger partial charge in [0.2, 0.25) is 5.91 Å². The second-order valence-electron chi connectivity index (χ2n) is 6.42. The molecule has 8 heteroatoms. The van der Waals surface area contributed by atoms with Crippen LogP contribution in [0.25, 0.3) is 0 Å². The molecule has 1 heterocycles. The smallest absolute Gasteiger partial charge is 0.321 e. The maximum atomic E-state index is 12.6. The number of rotatable bonds is 7. The number of hydrogen-bond donors (Lipinski definition) is 3. The molecule has 148 valence electrons. The molecule has 1 aromatic rings. The molecule has 0 fully saturated rings. The highest BCUT2D eigenvalue weighted by molar-refractivity contribution is 5.94. The number of carbonyl (C=O) groups is 3. The van der Waals surface area contributed by atoms with Gasteiger partial charge in [-0.25, -0.2) is 4.79 Å². The third kappa shape index (κ3) is 5.60. The lowest BCUT2D eigenvalue weighted by Crippen LogP contribution is -2.51. The maximum Gasteiger partial charge on any atom is 0.321 e. The molecule has 1 atom stereocenters. The summed E-state index contributed by atoms with van der Waals surface area (Å²) in [6.45, 7) is 4.78. The van der Waals surface area contributed by atoms with E-state index < -0.39 is 12.1 Å². The van der Waals surface area contributed by atoms with Gasteiger partial charge in [0.05, 0.1) is 12.2 Å². The van der Waals surface area contributed by atoms with Gasteiger partial charge in [-0.3, -0.25) is 14.9 Å². The number of carbonyl (C=O) groups excluding carboxylic acids is 3. The number of ether oxygens (including phenoxy) is 1. The Bertz CT molecular complexity index is 675. The average Bonchev–Trinajstić information content (AvgIpc) is 2.69. The van der Waals surface area contributed by atoms with Crippen molar-refractivity contribution in [2.45, 2.75) is 45.3 Å². The second-order valence-corrected chi connectivity index (χ2v) is 6.42. The van der Waals surface area contributed by atoms with E-state index in [-0.39, 0.29) is 24.3 Å². The highest BCUT2D eigenvalue weighted by atomic mass is 16.5. The minimum Gasteiger partial charge on any atom is -0.477 e. The number of imide groups is 1. The standard InChI is InChI=1S/C19H28N4O4/c1-4-13(5-2)21-18(25)16-12-23(11-10-17(24)22-19(26)20-3)14-8-6-7-9-15(14)27-16/h6-9,13,16H,4-5,10-12H2,1-3H3,(H,21,25)(H2,20,22,24,26). The Hall–Kier alpha value is -2.77. The van der Waals surface area contributed by atoms with Gasteiger partial charge in [-0.2, -0.15) is 0 Å². The lowest BCUT2D eigenvalue weighted by Gasteiger charge is -2.36.